The number of nitrogens with one attached hydrogen (secondary N) is 1. The fraction of sp³-hybridized carbons (Fsp3) is 0.300. The third-order valence-electron chi connectivity index (χ3n) is 4.11. The van der Waals surface area contributed by atoms with E-state index in [1.807, 2.05) is 36.4 Å². The third-order valence-corrected chi connectivity index (χ3v) is 4.60. The van der Waals surface area contributed by atoms with Crippen molar-refractivity contribution >= 4 is 44.0 Å². The van der Waals surface area contributed by atoms with Gasteiger partial charge in [-0.05, 0) is 57.7 Å². The second-order valence-electron chi connectivity index (χ2n) is 6.62. The van der Waals surface area contributed by atoms with Crippen molar-refractivity contribution < 1.29 is 4.74 Å². The number of hydrogen-bond donors (Lipinski definition) is 2. The highest BCUT2D eigenvalue weighted by molar-refractivity contribution is 9.10. The van der Waals surface area contributed by atoms with Crippen molar-refractivity contribution in [2.45, 2.75) is 12.8 Å². The zero-order chi connectivity index (χ0) is 19.2. The van der Waals surface area contributed by atoms with E-state index in [4.69, 9.17) is 10.5 Å². The van der Waals surface area contributed by atoms with Crippen molar-refractivity contribution in [2.75, 3.05) is 38.3 Å². The van der Waals surface area contributed by atoms with Crippen LogP contribution < -0.4 is 15.8 Å². The van der Waals surface area contributed by atoms with E-state index in [-0.39, 0.29) is 0 Å². The van der Waals surface area contributed by atoms with E-state index < -0.39 is 0 Å². The maximum atomic E-state index is 6.21. The van der Waals surface area contributed by atoms with Gasteiger partial charge in [0.05, 0.1) is 17.8 Å². The quantitative estimate of drug-likeness (QED) is 0.407. The summed E-state index contributed by atoms with van der Waals surface area (Å²) in [6.07, 6.45) is 3.61. The molecule has 0 spiro atoms. The van der Waals surface area contributed by atoms with Crippen LogP contribution in [-0.4, -0.2) is 42.1 Å². The summed E-state index contributed by atoms with van der Waals surface area (Å²) in [7, 11) is 4.14. The zero-order valence-corrected chi connectivity index (χ0v) is 17.2. The highest BCUT2D eigenvalue weighted by Gasteiger charge is 2.10. The van der Waals surface area contributed by atoms with Gasteiger partial charge in [0, 0.05) is 21.6 Å². The van der Waals surface area contributed by atoms with Gasteiger partial charge in [0.25, 0.3) is 0 Å². The van der Waals surface area contributed by atoms with Gasteiger partial charge < -0.3 is 20.7 Å². The number of benzene rings is 2. The largest absolute Gasteiger partial charge is 0.491 e. The van der Waals surface area contributed by atoms with Gasteiger partial charge in [0.15, 0.2) is 0 Å². The van der Waals surface area contributed by atoms with Crippen molar-refractivity contribution in [1.29, 1.82) is 0 Å². The summed E-state index contributed by atoms with van der Waals surface area (Å²) in [6, 6.07) is 11.7. The Morgan fingerprint density at radius 1 is 1.15 bits per heavy atom. The van der Waals surface area contributed by atoms with Crippen LogP contribution in [0.5, 0.6) is 5.75 Å². The minimum absolute atomic E-state index is 0.585. The molecular weight excluding hydrogens is 406 g/mol. The lowest BCUT2D eigenvalue weighted by atomic mass is 10.2. The summed E-state index contributed by atoms with van der Waals surface area (Å²) in [5.41, 5.74) is 8.52. The molecule has 0 unspecified atom stereocenters. The van der Waals surface area contributed by atoms with Gasteiger partial charge in [-0.2, -0.15) is 0 Å². The van der Waals surface area contributed by atoms with Gasteiger partial charge >= 0.3 is 0 Å². The number of fused-ring (bicyclic) bond motifs is 1. The predicted octanol–water partition coefficient (Wildman–Crippen LogP) is 4.44. The van der Waals surface area contributed by atoms with Crippen LogP contribution in [0.3, 0.4) is 0 Å². The molecule has 0 amide bonds. The molecule has 142 valence electrons. The van der Waals surface area contributed by atoms with Gasteiger partial charge in [-0.3, -0.25) is 0 Å². The number of unbranched alkanes of at least 4 members (excludes halogenated alkanes) is 1. The van der Waals surface area contributed by atoms with E-state index in [0.29, 0.717) is 23.9 Å². The van der Waals surface area contributed by atoms with Crippen molar-refractivity contribution in [2.24, 2.45) is 0 Å². The molecule has 0 fully saturated rings. The van der Waals surface area contributed by atoms with Crippen LogP contribution in [0.25, 0.3) is 10.9 Å². The monoisotopic (exact) mass is 429 g/mol. The van der Waals surface area contributed by atoms with Gasteiger partial charge in [-0.1, -0.05) is 22.0 Å². The number of nitrogens with two attached hydrogens (primary N) is 1. The summed E-state index contributed by atoms with van der Waals surface area (Å²) < 4.78 is 6.87. The second-order valence-corrected chi connectivity index (χ2v) is 7.54. The molecule has 2 aromatic carbocycles. The number of nitrogen functional groups attached to an aromatic ring is 1. The molecule has 0 atom stereocenters. The lowest BCUT2D eigenvalue weighted by molar-refractivity contribution is 0.294. The summed E-state index contributed by atoms with van der Waals surface area (Å²) in [6.45, 7) is 1.69. The number of ether oxygens (including phenoxy) is 1. The molecule has 0 saturated heterocycles. The Morgan fingerprint density at radius 2 is 2.00 bits per heavy atom. The molecule has 1 heterocycles. The molecule has 1 aromatic heterocycles. The average Bonchev–Trinajstić information content (AvgIpc) is 2.62. The summed E-state index contributed by atoms with van der Waals surface area (Å²) >= 11 is 3.48. The normalized spacial score (nSPS) is 11.1. The maximum absolute atomic E-state index is 6.21. The Balaban J connectivity index is 1.76. The topological polar surface area (TPSA) is 76.3 Å². The lowest BCUT2D eigenvalue weighted by Gasteiger charge is -2.13. The molecule has 0 radical (unpaired) electrons. The van der Waals surface area contributed by atoms with Gasteiger partial charge in [0.2, 0.25) is 0 Å². The summed E-state index contributed by atoms with van der Waals surface area (Å²) in [5, 5.41) is 4.18. The molecule has 6 nitrogen and oxygen atoms in total. The summed E-state index contributed by atoms with van der Waals surface area (Å²) in [4.78, 5) is 10.9. The van der Waals surface area contributed by atoms with Gasteiger partial charge in [-0.25, -0.2) is 9.97 Å². The Kier molecular flexibility index (Phi) is 6.47. The molecule has 3 rings (SSSR count). The minimum Gasteiger partial charge on any atom is -0.491 e. The Bertz CT molecular complexity index is 916. The van der Waals surface area contributed by atoms with E-state index in [9.17, 15) is 0 Å². The molecular formula is C20H24BrN5O. The zero-order valence-electron chi connectivity index (χ0n) is 15.6. The molecule has 7 heteroatoms. The second kappa shape index (κ2) is 9.01. The molecule has 27 heavy (non-hydrogen) atoms. The Hall–Kier alpha value is -2.38. The predicted molar refractivity (Wildman–Crippen MR) is 115 cm³/mol. The highest BCUT2D eigenvalue weighted by atomic mass is 79.9. The lowest BCUT2D eigenvalue weighted by Crippen LogP contribution is -2.13. The number of hydrogen-bond acceptors (Lipinski definition) is 6. The Morgan fingerprint density at radius 3 is 2.78 bits per heavy atom. The van der Waals surface area contributed by atoms with E-state index in [1.165, 1.54) is 0 Å². The van der Waals surface area contributed by atoms with E-state index >= 15 is 0 Å². The number of halogens is 1. The first-order chi connectivity index (χ1) is 13.0. The van der Waals surface area contributed by atoms with E-state index in [1.54, 1.807) is 6.33 Å². The van der Waals surface area contributed by atoms with Gasteiger partial charge in [0.1, 0.15) is 17.9 Å². The Labute approximate surface area is 167 Å². The highest BCUT2D eigenvalue weighted by Crippen LogP contribution is 2.31. The van der Waals surface area contributed by atoms with Crippen LogP contribution in [0.2, 0.25) is 0 Å². The van der Waals surface area contributed by atoms with Crippen molar-refractivity contribution in [3.05, 3.63) is 47.2 Å². The van der Waals surface area contributed by atoms with Crippen LogP contribution in [0.1, 0.15) is 12.8 Å². The van der Waals surface area contributed by atoms with Gasteiger partial charge in [-0.15, -0.1) is 0 Å². The molecule has 0 aliphatic rings. The molecule has 0 bridgehead atoms. The SMILES string of the molecule is CN(C)CCCCOc1cc2ncnc(Nc3cccc(Br)c3)c2cc1N. The molecule has 3 aromatic rings. The van der Waals surface area contributed by atoms with E-state index in [2.05, 4.69) is 50.2 Å². The maximum Gasteiger partial charge on any atom is 0.144 e. The fourth-order valence-corrected chi connectivity index (χ4v) is 3.14. The van der Waals surface area contributed by atoms with Crippen LogP contribution in [0.15, 0.2) is 47.2 Å². The first kappa shape index (κ1) is 19.4. The first-order valence-corrected chi connectivity index (χ1v) is 9.66. The molecule has 0 saturated carbocycles. The molecule has 0 aliphatic heterocycles. The van der Waals surface area contributed by atoms with Crippen LogP contribution in [-0.2, 0) is 0 Å². The van der Waals surface area contributed by atoms with Crippen molar-refractivity contribution in [3.8, 4) is 5.75 Å². The number of anilines is 3. The molecule has 3 N–H and O–H groups in total. The fourth-order valence-electron chi connectivity index (χ4n) is 2.74. The smallest absolute Gasteiger partial charge is 0.144 e. The minimum atomic E-state index is 0.585. The number of rotatable bonds is 8. The first-order valence-electron chi connectivity index (χ1n) is 8.87. The van der Waals surface area contributed by atoms with Crippen molar-refractivity contribution in [1.82, 2.24) is 14.9 Å². The molecule has 0 aliphatic carbocycles. The van der Waals surface area contributed by atoms with Crippen LogP contribution in [0.4, 0.5) is 17.2 Å². The average molecular weight is 430 g/mol. The van der Waals surface area contributed by atoms with Crippen LogP contribution >= 0.6 is 15.9 Å². The van der Waals surface area contributed by atoms with Crippen molar-refractivity contribution in [3.63, 3.8) is 0 Å². The van der Waals surface area contributed by atoms with Crippen LogP contribution in [0, 0.1) is 0 Å². The van der Waals surface area contributed by atoms with E-state index in [0.717, 1.165) is 40.4 Å². The standard InChI is InChI=1S/C20H24BrN5O/c1-26(2)8-3-4-9-27-19-12-18-16(11-17(19)22)20(24-13-23-18)25-15-7-5-6-14(21)10-15/h5-7,10-13H,3-4,8-9,22H2,1-2H3,(H,23,24,25). The number of aromatic nitrogens is 2. The number of nitrogens with zero attached hydrogens (tertiary/aromatic N) is 3. The third kappa shape index (κ3) is 5.30. The summed E-state index contributed by atoms with van der Waals surface area (Å²) in [5.74, 6) is 1.38.